The van der Waals surface area contributed by atoms with Crippen molar-refractivity contribution >= 4 is 27.3 Å². The molecule has 0 radical (unpaired) electrons. The molecule has 0 bridgehead atoms. The summed E-state index contributed by atoms with van der Waals surface area (Å²) in [6, 6.07) is 6.39. The third kappa shape index (κ3) is 1.10. The smallest absolute Gasteiger partial charge is 0.263 e. The molecule has 1 saturated heterocycles. The molecule has 0 aliphatic carbocycles. The van der Waals surface area contributed by atoms with E-state index in [1.165, 1.54) is 19.9 Å². The van der Waals surface area contributed by atoms with Crippen LogP contribution in [0.5, 0.6) is 0 Å². The van der Waals surface area contributed by atoms with E-state index in [-0.39, 0.29) is 11.4 Å². The van der Waals surface area contributed by atoms with Gasteiger partial charge < -0.3 is 5.73 Å². The van der Waals surface area contributed by atoms with Gasteiger partial charge in [0.25, 0.3) is 15.9 Å². The first-order chi connectivity index (χ1) is 7.30. The van der Waals surface area contributed by atoms with Gasteiger partial charge >= 0.3 is 0 Å². The second-order valence-electron chi connectivity index (χ2n) is 4.14. The number of nitrogen functional groups attached to an aromatic ring is 1. The maximum atomic E-state index is 11.9. The molecule has 1 amide bonds. The summed E-state index contributed by atoms with van der Waals surface area (Å²) in [4.78, 5) is 11.7. The van der Waals surface area contributed by atoms with Crippen LogP contribution in [-0.2, 0) is 14.8 Å². The van der Waals surface area contributed by atoms with Crippen molar-refractivity contribution in [2.24, 2.45) is 0 Å². The summed E-state index contributed by atoms with van der Waals surface area (Å²) < 4.78 is 23.2. The SMILES string of the molecule is CC1(C)C(=O)N(c2ccccc2N)S1(=O)=O. The Morgan fingerprint density at radius 2 is 1.81 bits per heavy atom. The fraction of sp³-hybridized carbons (Fsp3) is 0.300. The number of hydrogen-bond acceptors (Lipinski definition) is 4. The van der Waals surface area contributed by atoms with Crippen LogP contribution in [0, 0.1) is 0 Å². The molecule has 1 aliphatic rings. The number of anilines is 2. The number of rotatable bonds is 1. The van der Waals surface area contributed by atoms with Gasteiger partial charge in [-0.3, -0.25) is 4.79 Å². The first-order valence-electron chi connectivity index (χ1n) is 4.74. The molecule has 0 spiro atoms. The topological polar surface area (TPSA) is 80.5 Å². The van der Waals surface area contributed by atoms with Crippen molar-refractivity contribution in [1.82, 2.24) is 0 Å². The Labute approximate surface area is 93.9 Å². The summed E-state index contributed by atoms with van der Waals surface area (Å²) >= 11 is 0. The molecular formula is C10H12N2O3S. The van der Waals surface area contributed by atoms with Crippen LogP contribution < -0.4 is 10.0 Å². The molecule has 0 saturated carbocycles. The fourth-order valence-corrected chi connectivity index (χ4v) is 3.07. The predicted molar refractivity (Wildman–Crippen MR) is 61.3 cm³/mol. The minimum absolute atomic E-state index is 0.229. The van der Waals surface area contributed by atoms with Crippen LogP contribution in [0.15, 0.2) is 24.3 Å². The van der Waals surface area contributed by atoms with Gasteiger partial charge in [0, 0.05) is 0 Å². The maximum absolute atomic E-state index is 11.9. The molecule has 1 heterocycles. The highest BCUT2D eigenvalue weighted by atomic mass is 32.2. The average molecular weight is 240 g/mol. The molecule has 0 aromatic heterocycles. The normalized spacial score (nSPS) is 21.6. The lowest BCUT2D eigenvalue weighted by atomic mass is 10.1. The number of carbonyl (C=O) groups excluding carboxylic acids is 1. The van der Waals surface area contributed by atoms with Crippen molar-refractivity contribution < 1.29 is 13.2 Å². The van der Waals surface area contributed by atoms with E-state index in [4.69, 9.17) is 5.73 Å². The number of hydrogen-bond donors (Lipinski definition) is 1. The van der Waals surface area contributed by atoms with E-state index >= 15 is 0 Å². The number of nitrogens with two attached hydrogens (primary N) is 1. The fourth-order valence-electron chi connectivity index (χ4n) is 1.56. The van der Waals surface area contributed by atoms with Crippen LogP contribution in [0.4, 0.5) is 11.4 Å². The van der Waals surface area contributed by atoms with Gasteiger partial charge in [-0.05, 0) is 26.0 Å². The number of sulfonamides is 1. The van der Waals surface area contributed by atoms with Gasteiger partial charge in [0.2, 0.25) is 0 Å². The van der Waals surface area contributed by atoms with Gasteiger partial charge in [-0.2, -0.15) is 0 Å². The standard InChI is InChI=1S/C10H12N2O3S/c1-10(2)9(13)12(16(10,14)15)8-6-4-3-5-7(8)11/h3-6H,11H2,1-2H3. The van der Waals surface area contributed by atoms with Crippen LogP contribution in [0.25, 0.3) is 0 Å². The molecule has 86 valence electrons. The average Bonchev–Trinajstić information content (AvgIpc) is 2.20. The minimum atomic E-state index is -3.62. The van der Waals surface area contributed by atoms with Gasteiger partial charge in [0.1, 0.15) is 0 Å². The Bertz CT molecular complexity index is 563. The lowest BCUT2D eigenvalue weighted by molar-refractivity contribution is -0.120. The first kappa shape index (κ1) is 10.9. The maximum Gasteiger partial charge on any atom is 0.263 e. The van der Waals surface area contributed by atoms with Crippen molar-refractivity contribution in [3.05, 3.63) is 24.3 Å². The highest BCUT2D eigenvalue weighted by Gasteiger charge is 2.61. The number of carbonyl (C=O) groups is 1. The van der Waals surface area contributed by atoms with Crippen molar-refractivity contribution in [2.45, 2.75) is 18.6 Å². The Balaban J connectivity index is 2.55. The van der Waals surface area contributed by atoms with Gasteiger partial charge in [0.05, 0.1) is 11.4 Å². The highest BCUT2D eigenvalue weighted by Crippen LogP contribution is 2.40. The third-order valence-electron chi connectivity index (χ3n) is 2.74. The molecule has 0 atom stereocenters. The minimum Gasteiger partial charge on any atom is -0.397 e. The molecule has 2 rings (SSSR count). The molecule has 1 aromatic rings. The number of para-hydroxylation sites is 2. The van der Waals surface area contributed by atoms with E-state index in [0.717, 1.165) is 4.31 Å². The molecule has 0 unspecified atom stereocenters. The summed E-state index contributed by atoms with van der Waals surface area (Å²) in [5.41, 5.74) is 6.15. The van der Waals surface area contributed by atoms with Crippen LogP contribution in [0.2, 0.25) is 0 Å². The van der Waals surface area contributed by atoms with E-state index in [1.807, 2.05) is 0 Å². The Morgan fingerprint density at radius 1 is 1.25 bits per heavy atom. The number of amides is 1. The van der Waals surface area contributed by atoms with Crippen molar-refractivity contribution in [1.29, 1.82) is 0 Å². The molecule has 16 heavy (non-hydrogen) atoms. The van der Waals surface area contributed by atoms with Crippen LogP contribution in [0.3, 0.4) is 0 Å². The second kappa shape index (κ2) is 2.98. The molecule has 6 heteroatoms. The first-order valence-corrected chi connectivity index (χ1v) is 6.18. The second-order valence-corrected chi connectivity index (χ2v) is 6.48. The lowest BCUT2D eigenvalue weighted by Gasteiger charge is -2.43. The number of benzene rings is 1. The zero-order chi connectivity index (χ0) is 12.1. The Hall–Kier alpha value is -1.56. The van der Waals surface area contributed by atoms with E-state index in [2.05, 4.69) is 0 Å². The zero-order valence-corrected chi connectivity index (χ0v) is 9.78. The van der Waals surface area contributed by atoms with Crippen molar-refractivity contribution in [3.8, 4) is 0 Å². The van der Waals surface area contributed by atoms with Gasteiger partial charge in [-0.15, -0.1) is 0 Å². The summed E-state index contributed by atoms with van der Waals surface area (Å²) in [5.74, 6) is -0.453. The van der Waals surface area contributed by atoms with E-state index in [9.17, 15) is 13.2 Å². The quantitative estimate of drug-likeness (QED) is 0.733. The molecule has 5 nitrogen and oxygen atoms in total. The number of nitrogens with zero attached hydrogens (tertiary/aromatic N) is 1. The summed E-state index contributed by atoms with van der Waals surface area (Å²) in [7, 11) is -3.62. The van der Waals surface area contributed by atoms with E-state index < -0.39 is 20.7 Å². The van der Waals surface area contributed by atoms with Gasteiger partial charge in [-0.1, -0.05) is 12.1 Å². The molecule has 1 fully saturated rings. The largest absolute Gasteiger partial charge is 0.397 e. The molecular weight excluding hydrogens is 228 g/mol. The Morgan fingerprint density at radius 3 is 2.31 bits per heavy atom. The van der Waals surface area contributed by atoms with E-state index in [0.29, 0.717) is 0 Å². The van der Waals surface area contributed by atoms with Crippen LogP contribution in [0.1, 0.15) is 13.8 Å². The van der Waals surface area contributed by atoms with Gasteiger partial charge in [0.15, 0.2) is 4.75 Å². The monoisotopic (exact) mass is 240 g/mol. The van der Waals surface area contributed by atoms with Crippen LogP contribution >= 0.6 is 0 Å². The predicted octanol–water partition coefficient (Wildman–Crippen LogP) is 0.724. The zero-order valence-electron chi connectivity index (χ0n) is 8.97. The van der Waals surface area contributed by atoms with Crippen LogP contribution in [-0.4, -0.2) is 19.1 Å². The highest BCUT2D eigenvalue weighted by molar-refractivity contribution is 7.98. The van der Waals surface area contributed by atoms with E-state index in [1.54, 1.807) is 18.2 Å². The third-order valence-corrected chi connectivity index (χ3v) is 5.05. The van der Waals surface area contributed by atoms with Gasteiger partial charge in [-0.25, -0.2) is 12.7 Å². The summed E-state index contributed by atoms with van der Waals surface area (Å²) in [5, 5.41) is 0. The molecule has 1 aromatic carbocycles. The molecule has 2 N–H and O–H groups in total. The Kier molecular flexibility index (Phi) is 2.03. The summed E-state index contributed by atoms with van der Waals surface area (Å²) in [6.07, 6.45) is 0. The lowest BCUT2D eigenvalue weighted by Crippen LogP contribution is -2.67. The molecule has 1 aliphatic heterocycles. The summed E-state index contributed by atoms with van der Waals surface area (Å²) in [6.45, 7) is 2.78. The van der Waals surface area contributed by atoms with Crippen molar-refractivity contribution in [3.63, 3.8) is 0 Å². The van der Waals surface area contributed by atoms with Crippen molar-refractivity contribution in [2.75, 3.05) is 10.0 Å².